The average molecular weight is 455 g/mol. The third kappa shape index (κ3) is 6.42. The largest absolute Gasteiger partial charge is 0.495 e. The standard InChI is InChI=1S/C19H23ClN4O5S/c1-12(19(26)22-14-5-7-15(8-6-14)30(21,27)28)24(2)11-18(25)23-16-10-13(20)4-9-17(16)29-3/h4-10,12H,11H2,1-3H3,(H,22,26)(H,23,25)(H2,21,27,28)/t12-/m1/s1. The highest BCUT2D eigenvalue weighted by Crippen LogP contribution is 2.27. The smallest absolute Gasteiger partial charge is 0.241 e. The number of carbonyl (C=O) groups excluding carboxylic acids is 2. The minimum absolute atomic E-state index is 0.0567. The normalized spacial score (nSPS) is 12.3. The summed E-state index contributed by atoms with van der Waals surface area (Å²) >= 11 is 5.96. The van der Waals surface area contributed by atoms with Crippen LogP contribution in [-0.2, 0) is 19.6 Å². The van der Waals surface area contributed by atoms with Crippen molar-refractivity contribution >= 4 is 44.8 Å². The molecule has 0 aliphatic carbocycles. The highest BCUT2D eigenvalue weighted by molar-refractivity contribution is 7.89. The van der Waals surface area contributed by atoms with Crippen LogP contribution in [0.5, 0.6) is 5.75 Å². The third-order valence-corrected chi connectivity index (χ3v) is 5.48. The molecule has 11 heteroatoms. The van der Waals surface area contributed by atoms with Crippen molar-refractivity contribution in [3.8, 4) is 5.75 Å². The van der Waals surface area contributed by atoms with Gasteiger partial charge in [0, 0.05) is 10.7 Å². The first-order valence-corrected chi connectivity index (χ1v) is 10.7. The van der Waals surface area contributed by atoms with Crippen LogP contribution in [0.2, 0.25) is 5.02 Å². The number of amides is 2. The Balaban J connectivity index is 1.96. The summed E-state index contributed by atoms with van der Waals surface area (Å²) in [6.07, 6.45) is 0. The van der Waals surface area contributed by atoms with Crippen LogP contribution in [0.3, 0.4) is 0 Å². The molecule has 2 aromatic rings. The number of nitrogens with one attached hydrogen (secondary N) is 2. The molecule has 0 bridgehead atoms. The van der Waals surface area contributed by atoms with E-state index in [2.05, 4.69) is 10.6 Å². The van der Waals surface area contributed by atoms with E-state index in [-0.39, 0.29) is 23.3 Å². The second kappa shape index (κ2) is 9.90. The number of methoxy groups -OCH3 is 1. The molecule has 2 amide bonds. The molecule has 0 saturated heterocycles. The van der Waals surface area contributed by atoms with Gasteiger partial charge in [0.15, 0.2) is 0 Å². The summed E-state index contributed by atoms with van der Waals surface area (Å²) in [6.45, 7) is 1.58. The fourth-order valence-corrected chi connectivity index (χ4v) is 3.19. The fourth-order valence-electron chi connectivity index (χ4n) is 2.51. The first kappa shape index (κ1) is 23.6. The Kier molecular flexibility index (Phi) is 7.79. The first-order valence-electron chi connectivity index (χ1n) is 8.78. The Morgan fingerprint density at radius 3 is 2.37 bits per heavy atom. The number of hydrogen-bond donors (Lipinski definition) is 3. The van der Waals surface area contributed by atoms with Gasteiger partial charge in [-0.1, -0.05) is 11.6 Å². The van der Waals surface area contributed by atoms with Crippen LogP contribution in [0.15, 0.2) is 47.4 Å². The SMILES string of the molecule is COc1ccc(Cl)cc1NC(=O)CN(C)[C@H](C)C(=O)Nc1ccc(S(N)(=O)=O)cc1. The van der Waals surface area contributed by atoms with Gasteiger partial charge in [0.25, 0.3) is 0 Å². The Morgan fingerprint density at radius 1 is 1.17 bits per heavy atom. The van der Waals surface area contributed by atoms with Crippen molar-refractivity contribution in [3.63, 3.8) is 0 Å². The molecular weight excluding hydrogens is 432 g/mol. The van der Waals surface area contributed by atoms with E-state index in [1.165, 1.54) is 31.4 Å². The number of sulfonamides is 1. The van der Waals surface area contributed by atoms with Crippen molar-refractivity contribution in [2.75, 3.05) is 31.3 Å². The molecule has 0 radical (unpaired) electrons. The van der Waals surface area contributed by atoms with Crippen LogP contribution >= 0.6 is 11.6 Å². The number of carbonyl (C=O) groups is 2. The van der Waals surface area contributed by atoms with Crippen LogP contribution in [0.25, 0.3) is 0 Å². The molecule has 2 rings (SSSR count). The Morgan fingerprint density at radius 2 is 1.80 bits per heavy atom. The van der Waals surface area contributed by atoms with Crippen molar-refractivity contribution in [3.05, 3.63) is 47.5 Å². The number of ether oxygens (including phenoxy) is 1. The predicted octanol–water partition coefficient (Wildman–Crippen LogP) is 1.89. The lowest BCUT2D eigenvalue weighted by Crippen LogP contribution is -2.43. The second-order valence-electron chi connectivity index (χ2n) is 6.54. The number of hydrogen-bond acceptors (Lipinski definition) is 6. The number of primary sulfonamides is 1. The maximum Gasteiger partial charge on any atom is 0.241 e. The molecule has 0 aromatic heterocycles. The highest BCUT2D eigenvalue weighted by Gasteiger charge is 2.21. The summed E-state index contributed by atoms with van der Waals surface area (Å²) in [4.78, 5) is 26.3. The zero-order valence-corrected chi connectivity index (χ0v) is 18.3. The quantitative estimate of drug-likeness (QED) is 0.558. The van der Waals surface area contributed by atoms with E-state index in [4.69, 9.17) is 21.5 Å². The summed E-state index contributed by atoms with van der Waals surface area (Å²) in [5.74, 6) is -0.256. The van der Waals surface area contributed by atoms with Gasteiger partial charge in [0.2, 0.25) is 21.8 Å². The summed E-state index contributed by atoms with van der Waals surface area (Å²) in [6, 6.07) is 9.67. The number of benzene rings is 2. The third-order valence-electron chi connectivity index (χ3n) is 4.32. The summed E-state index contributed by atoms with van der Waals surface area (Å²) in [5.41, 5.74) is 0.830. The zero-order chi connectivity index (χ0) is 22.5. The van der Waals surface area contributed by atoms with Crippen LogP contribution in [-0.4, -0.2) is 51.9 Å². The van der Waals surface area contributed by atoms with E-state index >= 15 is 0 Å². The van der Waals surface area contributed by atoms with E-state index in [0.717, 1.165) is 0 Å². The predicted molar refractivity (Wildman–Crippen MR) is 115 cm³/mol. The van der Waals surface area contributed by atoms with Crippen molar-refractivity contribution in [1.82, 2.24) is 4.90 Å². The molecule has 2 aromatic carbocycles. The molecule has 0 fully saturated rings. The summed E-state index contributed by atoms with van der Waals surface area (Å²) in [5, 5.41) is 10.9. The molecule has 0 aliphatic heterocycles. The molecule has 0 unspecified atom stereocenters. The number of rotatable bonds is 8. The minimum Gasteiger partial charge on any atom is -0.495 e. The summed E-state index contributed by atoms with van der Waals surface area (Å²) in [7, 11) is -0.700. The van der Waals surface area contributed by atoms with E-state index in [1.54, 1.807) is 37.1 Å². The lowest BCUT2D eigenvalue weighted by molar-refractivity contribution is -0.122. The van der Waals surface area contributed by atoms with E-state index in [9.17, 15) is 18.0 Å². The maximum atomic E-state index is 12.5. The molecular formula is C19H23ClN4O5S. The molecule has 4 N–H and O–H groups in total. The first-order chi connectivity index (χ1) is 14.0. The van der Waals surface area contributed by atoms with Gasteiger partial charge in [0.05, 0.1) is 30.3 Å². The van der Waals surface area contributed by atoms with Crippen LogP contribution in [0.1, 0.15) is 6.92 Å². The van der Waals surface area contributed by atoms with Gasteiger partial charge >= 0.3 is 0 Å². The molecule has 0 saturated carbocycles. The monoisotopic (exact) mass is 454 g/mol. The van der Waals surface area contributed by atoms with Gasteiger partial charge in [-0.2, -0.15) is 0 Å². The second-order valence-corrected chi connectivity index (χ2v) is 8.54. The Hall–Kier alpha value is -2.66. The van der Waals surface area contributed by atoms with Crippen molar-refractivity contribution in [1.29, 1.82) is 0 Å². The number of nitrogens with two attached hydrogens (primary N) is 1. The van der Waals surface area contributed by atoms with Gasteiger partial charge in [-0.3, -0.25) is 14.5 Å². The van der Waals surface area contributed by atoms with Crippen LogP contribution in [0, 0.1) is 0 Å². The lowest BCUT2D eigenvalue weighted by Gasteiger charge is -2.23. The molecule has 1 atom stereocenters. The average Bonchev–Trinajstić information content (AvgIpc) is 2.67. The minimum atomic E-state index is -3.81. The van der Waals surface area contributed by atoms with Crippen molar-refractivity contribution in [2.45, 2.75) is 17.9 Å². The van der Waals surface area contributed by atoms with Gasteiger partial charge in [-0.15, -0.1) is 0 Å². The van der Waals surface area contributed by atoms with Gasteiger partial charge < -0.3 is 15.4 Å². The van der Waals surface area contributed by atoms with Crippen molar-refractivity contribution < 1.29 is 22.7 Å². The zero-order valence-electron chi connectivity index (χ0n) is 16.7. The molecule has 0 heterocycles. The van der Waals surface area contributed by atoms with Gasteiger partial charge in [-0.25, -0.2) is 13.6 Å². The molecule has 0 aliphatic rings. The van der Waals surface area contributed by atoms with Crippen LogP contribution in [0.4, 0.5) is 11.4 Å². The van der Waals surface area contributed by atoms with Gasteiger partial charge in [0.1, 0.15) is 5.75 Å². The highest BCUT2D eigenvalue weighted by atomic mass is 35.5. The molecule has 0 spiro atoms. The maximum absolute atomic E-state index is 12.5. The molecule has 162 valence electrons. The number of halogens is 1. The van der Waals surface area contributed by atoms with Gasteiger partial charge in [-0.05, 0) is 56.4 Å². The summed E-state index contributed by atoms with van der Waals surface area (Å²) < 4.78 is 27.8. The Bertz CT molecular complexity index is 1030. The number of anilines is 2. The molecule has 9 nitrogen and oxygen atoms in total. The van der Waals surface area contributed by atoms with E-state index < -0.39 is 16.1 Å². The number of nitrogens with zero attached hydrogens (tertiary/aromatic N) is 1. The fraction of sp³-hybridized carbons (Fsp3) is 0.263. The van der Waals surface area contributed by atoms with E-state index in [0.29, 0.717) is 22.1 Å². The van der Waals surface area contributed by atoms with Crippen molar-refractivity contribution in [2.24, 2.45) is 5.14 Å². The Labute approximate surface area is 180 Å². The van der Waals surface area contributed by atoms with Crippen LogP contribution < -0.4 is 20.5 Å². The molecule has 30 heavy (non-hydrogen) atoms. The number of likely N-dealkylation sites (N-methyl/N-ethyl adjacent to an activating group) is 1. The van der Waals surface area contributed by atoms with E-state index in [1.807, 2.05) is 0 Å². The topological polar surface area (TPSA) is 131 Å². The lowest BCUT2D eigenvalue weighted by atomic mass is 10.2.